The number of benzene rings is 2. The van der Waals surface area contributed by atoms with E-state index in [0.717, 1.165) is 17.7 Å². The summed E-state index contributed by atoms with van der Waals surface area (Å²) in [4.78, 5) is 4.47. The van der Waals surface area contributed by atoms with Gasteiger partial charge in [0.1, 0.15) is 0 Å². The van der Waals surface area contributed by atoms with Crippen molar-refractivity contribution in [1.29, 1.82) is 0 Å². The predicted molar refractivity (Wildman–Crippen MR) is 93.6 cm³/mol. The topological polar surface area (TPSA) is 51.0 Å². The summed E-state index contributed by atoms with van der Waals surface area (Å²) in [7, 11) is 3.01. The Morgan fingerprint density at radius 1 is 1.09 bits per heavy atom. The zero-order chi connectivity index (χ0) is 16.8. The average Bonchev–Trinajstić information content (AvgIpc) is 2.60. The second-order valence-electron chi connectivity index (χ2n) is 5.43. The van der Waals surface area contributed by atoms with Crippen LogP contribution in [0.3, 0.4) is 0 Å². The average molecular weight is 313 g/mol. The van der Waals surface area contributed by atoms with E-state index < -0.39 is 0 Å². The van der Waals surface area contributed by atoms with E-state index in [2.05, 4.69) is 31.0 Å². The number of nitrogens with zero attached hydrogens (tertiary/aromatic N) is 1. The SMILES string of the molecule is CCC(C)c1ccc(N=Cc2cc(OC)c(O)c(OC)c2)cc1. The molecule has 0 amide bonds. The van der Waals surface area contributed by atoms with Gasteiger partial charge in [0.2, 0.25) is 5.75 Å². The van der Waals surface area contributed by atoms with Gasteiger partial charge in [-0.1, -0.05) is 26.0 Å². The van der Waals surface area contributed by atoms with Crippen molar-refractivity contribution in [3.8, 4) is 17.2 Å². The van der Waals surface area contributed by atoms with Gasteiger partial charge in [-0.2, -0.15) is 0 Å². The second kappa shape index (κ2) is 7.68. The smallest absolute Gasteiger partial charge is 0.200 e. The zero-order valence-corrected chi connectivity index (χ0v) is 14.0. The summed E-state index contributed by atoms with van der Waals surface area (Å²) in [5, 5.41) is 9.91. The molecule has 1 N–H and O–H groups in total. The van der Waals surface area contributed by atoms with E-state index >= 15 is 0 Å². The first-order valence-electron chi connectivity index (χ1n) is 7.68. The Morgan fingerprint density at radius 2 is 1.65 bits per heavy atom. The molecule has 122 valence electrons. The van der Waals surface area contributed by atoms with E-state index in [9.17, 15) is 5.11 Å². The first-order chi connectivity index (χ1) is 11.1. The lowest BCUT2D eigenvalue weighted by molar-refractivity contribution is 0.340. The van der Waals surface area contributed by atoms with Crippen molar-refractivity contribution in [2.75, 3.05) is 14.2 Å². The van der Waals surface area contributed by atoms with Gasteiger partial charge in [0.25, 0.3) is 0 Å². The number of phenols is 1. The fourth-order valence-electron chi connectivity index (χ4n) is 2.26. The monoisotopic (exact) mass is 313 g/mol. The fraction of sp³-hybridized carbons (Fsp3) is 0.316. The molecule has 4 nitrogen and oxygen atoms in total. The van der Waals surface area contributed by atoms with Crippen LogP contribution in [0.4, 0.5) is 5.69 Å². The minimum Gasteiger partial charge on any atom is -0.502 e. The number of ether oxygens (including phenoxy) is 2. The van der Waals surface area contributed by atoms with Crippen LogP contribution in [0, 0.1) is 0 Å². The summed E-state index contributed by atoms with van der Waals surface area (Å²) in [5.74, 6) is 1.26. The van der Waals surface area contributed by atoms with Crippen LogP contribution < -0.4 is 9.47 Å². The molecule has 23 heavy (non-hydrogen) atoms. The predicted octanol–water partition coefficient (Wildman–Crippen LogP) is 4.67. The second-order valence-corrected chi connectivity index (χ2v) is 5.43. The van der Waals surface area contributed by atoms with E-state index in [1.807, 2.05) is 12.1 Å². The molecule has 0 fully saturated rings. The highest BCUT2D eigenvalue weighted by molar-refractivity contribution is 5.84. The standard InChI is InChI=1S/C19H23NO3/c1-5-13(2)15-6-8-16(9-7-15)20-12-14-10-17(22-3)19(21)18(11-14)23-4/h6-13,21H,5H2,1-4H3. The summed E-state index contributed by atoms with van der Waals surface area (Å²) < 4.78 is 10.3. The van der Waals surface area contributed by atoms with Gasteiger partial charge < -0.3 is 14.6 Å². The number of aromatic hydroxyl groups is 1. The molecule has 0 spiro atoms. The summed E-state index contributed by atoms with van der Waals surface area (Å²) in [6.07, 6.45) is 2.85. The minimum atomic E-state index is -0.00921. The Balaban J connectivity index is 2.23. The van der Waals surface area contributed by atoms with Crippen LogP contribution in [0.25, 0.3) is 0 Å². The zero-order valence-electron chi connectivity index (χ0n) is 14.0. The van der Waals surface area contributed by atoms with Crippen LogP contribution in [0.2, 0.25) is 0 Å². The molecular weight excluding hydrogens is 290 g/mol. The fourth-order valence-corrected chi connectivity index (χ4v) is 2.26. The highest BCUT2D eigenvalue weighted by Gasteiger charge is 2.10. The van der Waals surface area contributed by atoms with Crippen LogP contribution in [0.15, 0.2) is 41.4 Å². The van der Waals surface area contributed by atoms with Crippen molar-refractivity contribution in [1.82, 2.24) is 0 Å². The van der Waals surface area contributed by atoms with Gasteiger partial charge in [-0.3, -0.25) is 4.99 Å². The Hall–Kier alpha value is -2.49. The maximum Gasteiger partial charge on any atom is 0.200 e. The van der Waals surface area contributed by atoms with E-state index in [1.54, 1.807) is 18.3 Å². The Bertz CT molecular complexity index is 653. The summed E-state index contributed by atoms with van der Waals surface area (Å²) in [6, 6.07) is 11.7. The minimum absolute atomic E-state index is 0.00921. The molecular formula is C19H23NO3. The molecule has 0 aliphatic heterocycles. The molecule has 1 unspecified atom stereocenters. The Labute approximate surface area is 137 Å². The molecule has 0 saturated carbocycles. The van der Waals surface area contributed by atoms with Gasteiger partial charge in [-0.25, -0.2) is 0 Å². The number of methoxy groups -OCH3 is 2. The molecule has 0 aliphatic carbocycles. The Morgan fingerprint density at radius 3 is 2.13 bits per heavy atom. The quantitative estimate of drug-likeness (QED) is 0.788. The lowest BCUT2D eigenvalue weighted by Crippen LogP contribution is -1.92. The molecule has 0 aromatic heterocycles. The van der Waals surface area contributed by atoms with Crippen LogP contribution in [0.1, 0.15) is 37.3 Å². The lowest BCUT2D eigenvalue weighted by Gasteiger charge is -2.09. The van der Waals surface area contributed by atoms with E-state index in [1.165, 1.54) is 19.8 Å². The molecule has 2 aromatic carbocycles. The largest absolute Gasteiger partial charge is 0.502 e. The van der Waals surface area contributed by atoms with Crippen molar-refractivity contribution in [2.24, 2.45) is 4.99 Å². The first kappa shape index (κ1) is 16.9. The van der Waals surface area contributed by atoms with Gasteiger partial charge in [-0.15, -0.1) is 0 Å². The third-order valence-electron chi connectivity index (χ3n) is 3.94. The maximum atomic E-state index is 9.91. The summed E-state index contributed by atoms with van der Waals surface area (Å²) in [6.45, 7) is 4.40. The highest BCUT2D eigenvalue weighted by atomic mass is 16.5. The third-order valence-corrected chi connectivity index (χ3v) is 3.94. The molecule has 0 bridgehead atoms. The summed E-state index contributed by atoms with van der Waals surface area (Å²) in [5.41, 5.74) is 2.99. The van der Waals surface area contributed by atoms with Crippen molar-refractivity contribution >= 4 is 11.9 Å². The van der Waals surface area contributed by atoms with Gasteiger partial charge in [-0.05, 0) is 42.2 Å². The van der Waals surface area contributed by atoms with Crippen LogP contribution in [0.5, 0.6) is 17.2 Å². The first-order valence-corrected chi connectivity index (χ1v) is 7.68. The normalized spacial score (nSPS) is 12.3. The Kier molecular flexibility index (Phi) is 5.63. The highest BCUT2D eigenvalue weighted by Crippen LogP contribution is 2.36. The molecule has 0 heterocycles. The molecule has 4 heteroatoms. The van der Waals surface area contributed by atoms with Crippen molar-refractivity contribution in [2.45, 2.75) is 26.2 Å². The van der Waals surface area contributed by atoms with Gasteiger partial charge >= 0.3 is 0 Å². The number of rotatable bonds is 6. The van der Waals surface area contributed by atoms with Gasteiger partial charge in [0.15, 0.2) is 11.5 Å². The van der Waals surface area contributed by atoms with Crippen LogP contribution >= 0.6 is 0 Å². The molecule has 0 radical (unpaired) electrons. The maximum absolute atomic E-state index is 9.91. The van der Waals surface area contributed by atoms with E-state index in [0.29, 0.717) is 17.4 Å². The van der Waals surface area contributed by atoms with Crippen molar-refractivity contribution < 1.29 is 14.6 Å². The van der Waals surface area contributed by atoms with Crippen LogP contribution in [-0.2, 0) is 0 Å². The van der Waals surface area contributed by atoms with Gasteiger partial charge in [0, 0.05) is 11.8 Å². The summed E-state index contributed by atoms with van der Waals surface area (Å²) >= 11 is 0. The third kappa shape index (κ3) is 4.03. The van der Waals surface area contributed by atoms with Gasteiger partial charge in [0.05, 0.1) is 19.9 Å². The van der Waals surface area contributed by atoms with Crippen molar-refractivity contribution in [3.63, 3.8) is 0 Å². The number of phenolic OH excluding ortho intramolecular Hbond substituents is 1. The molecule has 0 saturated heterocycles. The van der Waals surface area contributed by atoms with Crippen molar-refractivity contribution in [3.05, 3.63) is 47.5 Å². The number of hydrogen-bond donors (Lipinski definition) is 1. The number of aliphatic imine (C=N–C) groups is 1. The molecule has 2 aromatic rings. The molecule has 0 aliphatic rings. The lowest BCUT2D eigenvalue weighted by atomic mass is 9.99. The number of hydrogen-bond acceptors (Lipinski definition) is 4. The molecule has 1 atom stereocenters. The molecule has 2 rings (SSSR count). The van der Waals surface area contributed by atoms with E-state index in [4.69, 9.17) is 9.47 Å². The van der Waals surface area contributed by atoms with Crippen LogP contribution in [-0.4, -0.2) is 25.5 Å². The van der Waals surface area contributed by atoms with E-state index in [-0.39, 0.29) is 5.75 Å².